The molecule has 4 nitrogen and oxygen atoms in total. The van der Waals surface area contributed by atoms with E-state index in [0.29, 0.717) is 12.3 Å². The van der Waals surface area contributed by atoms with Gasteiger partial charge in [0.1, 0.15) is 0 Å². The molecule has 136 valence electrons. The van der Waals surface area contributed by atoms with E-state index in [9.17, 15) is 9.59 Å². The van der Waals surface area contributed by atoms with Gasteiger partial charge in [0.25, 0.3) is 0 Å². The Bertz CT molecular complexity index is 633. The van der Waals surface area contributed by atoms with Gasteiger partial charge < -0.3 is 10.2 Å². The molecule has 1 N–H and O–H groups in total. The third-order valence-corrected chi connectivity index (χ3v) is 5.45. The predicted octanol–water partition coefficient (Wildman–Crippen LogP) is 4.53. The lowest BCUT2D eigenvalue weighted by atomic mass is 9.87. The molecule has 2 aliphatic rings. The number of carbonyl (C=O) groups is 2. The van der Waals surface area contributed by atoms with Crippen molar-refractivity contribution >= 4 is 23.2 Å². The van der Waals surface area contributed by atoms with Gasteiger partial charge in [-0.15, -0.1) is 0 Å². The number of nitrogens with one attached hydrogen (secondary N) is 1. The molecule has 1 aliphatic heterocycles. The third kappa shape index (κ3) is 4.42. The molecular weight excluding hydrogens is 312 g/mol. The van der Waals surface area contributed by atoms with Crippen LogP contribution < -0.4 is 10.2 Å². The van der Waals surface area contributed by atoms with Crippen molar-refractivity contribution in [1.82, 2.24) is 0 Å². The van der Waals surface area contributed by atoms with Crippen molar-refractivity contribution < 1.29 is 9.59 Å². The maximum atomic E-state index is 12.5. The standard InChI is InChI=1S/C21H30N2O2/c1-15(2)21(25)23-12-6-9-17-10-11-18(14-19(17)23)22-20(24)13-16-7-4-3-5-8-16/h10-11,14-16H,3-9,12-13H2,1-2H3,(H,22,24). The smallest absolute Gasteiger partial charge is 0.229 e. The number of rotatable bonds is 4. The molecule has 1 aliphatic carbocycles. The van der Waals surface area contributed by atoms with Crippen LogP contribution in [0.15, 0.2) is 18.2 Å². The Hall–Kier alpha value is -1.84. The molecule has 1 saturated carbocycles. The molecule has 3 rings (SSSR count). The maximum absolute atomic E-state index is 12.5. The van der Waals surface area contributed by atoms with Gasteiger partial charge in [0, 0.05) is 30.3 Å². The summed E-state index contributed by atoms with van der Waals surface area (Å²) >= 11 is 0. The first-order valence-corrected chi connectivity index (χ1v) is 9.78. The molecule has 2 amide bonds. The molecule has 4 heteroatoms. The number of carbonyl (C=O) groups excluding carboxylic acids is 2. The molecule has 0 bridgehead atoms. The number of anilines is 2. The van der Waals surface area contributed by atoms with Gasteiger partial charge in [0.15, 0.2) is 0 Å². The summed E-state index contributed by atoms with van der Waals surface area (Å²) in [6, 6.07) is 6.01. The maximum Gasteiger partial charge on any atom is 0.229 e. The van der Waals surface area contributed by atoms with Crippen LogP contribution in [0.25, 0.3) is 0 Å². The Balaban J connectivity index is 1.70. The van der Waals surface area contributed by atoms with Crippen molar-refractivity contribution in [2.45, 2.75) is 65.2 Å². The zero-order valence-corrected chi connectivity index (χ0v) is 15.5. The van der Waals surface area contributed by atoms with E-state index in [1.165, 1.54) is 37.7 Å². The molecule has 0 unspecified atom stereocenters. The second kappa shape index (κ2) is 8.03. The summed E-state index contributed by atoms with van der Waals surface area (Å²) in [7, 11) is 0. The van der Waals surface area contributed by atoms with Crippen LogP contribution in [0.3, 0.4) is 0 Å². The van der Waals surface area contributed by atoms with E-state index in [2.05, 4.69) is 11.4 Å². The van der Waals surface area contributed by atoms with E-state index in [0.717, 1.165) is 30.8 Å². The lowest BCUT2D eigenvalue weighted by Crippen LogP contribution is -2.38. The molecule has 0 atom stereocenters. The highest BCUT2D eigenvalue weighted by atomic mass is 16.2. The monoisotopic (exact) mass is 342 g/mol. The predicted molar refractivity (Wildman–Crippen MR) is 102 cm³/mol. The van der Waals surface area contributed by atoms with E-state index in [1.54, 1.807) is 0 Å². The molecule has 0 saturated heterocycles. The molecule has 1 aromatic carbocycles. The van der Waals surface area contributed by atoms with E-state index in [4.69, 9.17) is 0 Å². The molecule has 0 radical (unpaired) electrons. The highest BCUT2D eigenvalue weighted by molar-refractivity contribution is 5.97. The highest BCUT2D eigenvalue weighted by Gasteiger charge is 2.25. The van der Waals surface area contributed by atoms with Gasteiger partial charge in [0.05, 0.1) is 0 Å². The summed E-state index contributed by atoms with van der Waals surface area (Å²) < 4.78 is 0. The SMILES string of the molecule is CC(C)C(=O)N1CCCc2ccc(NC(=O)CC3CCCCC3)cc21. The van der Waals surface area contributed by atoms with Crippen molar-refractivity contribution in [3.63, 3.8) is 0 Å². The van der Waals surface area contributed by atoms with Gasteiger partial charge in [0.2, 0.25) is 11.8 Å². The molecule has 25 heavy (non-hydrogen) atoms. The van der Waals surface area contributed by atoms with Crippen LogP contribution in [0.2, 0.25) is 0 Å². The average Bonchev–Trinajstić information content (AvgIpc) is 2.61. The van der Waals surface area contributed by atoms with Gasteiger partial charge in [-0.05, 0) is 49.3 Å². The Morgan fingerprint density at radius 1 is 1.16 bits per heavy atom. The molecule has 1 fully saturated rings. The van der Waals surface area contributed by atoms with Crippen LogP contribution in [-0.2, 0) is 16.0 Å². The van der Waals surface area contributed by atoms with E-state index >= 15 is 0 Å². The Morgan fingerprint density at radius 3 is 2.64 bits per heavy atom. The number of amides is 2. The van der Waals surface area contributed by atoms with Crippen LogP contribution in [0.1, 0.15) is 64.4 Å². The largest absolute Gasteiger partial charge is 0.326 e. The minimum Gasteiger partial charge on any atom is -0.326 e. The summed E-state index contributed by atoms with van der Waals surface area (Å²) in [6.07, 6.45) is 8.77. The van der Waals surface area contributed by atoms with E-state index < -0.39 is 0 Å². The van der Waals surface area contributed by atoms with Gasteiger partial charge in [-0.2, -0.15) is 0 Å². The third-order valence-electron chi connectivity index (χ3n) is 5.45. The first-order valence-electron chi connectivity index (χ1n) is 9.78. The molecular formula is C21H30N2O2. The molecule has 1 aromatic rings. The number of fused-ring (bicyclic) bond motifs is 1. The number of aryl methyl sites for hydroxylation is 1. The Morgan fingerprint density at radius 2 is 1.92 bits per heavy atom. The Kier molecular flexibility index (Phi) is 5.77. The second-order valence-electron chi connectivity index (χ2n) is 7.85. The van der Waals surface area contributed by atoms with Crippen molar-refractivity contribution in [2.75, 3.05) is 16.8 Å². The van der Waals surface area contributed by atoms with E-state index in [1.807, 2.05) is 30.9 Å². The van der Waals surface area contributed by atoms with E-state index in [-0.39, 0.29) is 17.7 Å². The van der Waals surface area contributed by atoms with Crippen LogP contribution >= 0.6 is 0 Å². The topological polar surface area (TPSA) is 49.4 Å². The van der Waals surface area contributed by atoms with Crippen LogP contribution in [-0.4, -0.2) is 18.4 Å². The number of nitrogens with zero attached hydrogens (tertiary/aromatic N) is 1. The summed E-state index contributed by atoms with van der Waals surface area (Å²) in [4.78, 5) is 26.8. The van der Waals surface area contributed by atoms with Gasteiger partial charge >= 0.3 is 0 Å². The van der Waals surface area contributed by atoms with Gasteiger partial charge in [-0.25, -0.2) is 0 Å². The lowest BCUT2D eigenvalue weighted by Gasteiger charge is -2.31. The number of hydrogen-bond donors (Lipinski definition) is 1. The zero-order valence-electron chi connectivity index (χ0n) is 15.5. The Labute approximate surface area is 151 Å². The number of hydrogen-bond acceptors (Lipinski definition) is 2. The fraction of sp³-hybridized carbons (Fsp3) is 0.619. The zero-order chi connectivity index (χ0) is 17.8. The normalized spacial score (nSPS) is 18.1. The summed E-state index contributed by atoms with van der Waals surface area (Å²) in [6.45, 7) is 4.64. The van der Waals surface area contributed by atoms with Gasteiger partial charge in [-0.3, -0.25) is 9.59 Å². The van der Waals surface area contributed by atoms with Crippen molar-refractivity contribution in [2.24, 2.45) is 11.8 Å². The number of benzene rings is 1. The molecule has 1 heterocycles. The summed E-state index contributed by atoms with van der Waals surface area (Å²) in [5.74, 6) is 0.775. The summed E-state index contributed by atoms with van der Waals surface area (Å²) in [5.41, 5.74) is 2.98. The lowest BCUT2D eigenvalue weighted by molar-refractivity contribution is -0.121. The highest BCUT2D eigenvalue weighted by Crippen LogP contribution is 2.32. The second-order valence-corrected chi connectivity index (χ2v) is 7.85. The molecule has 0 aromatic heterocycles. The van der Waals surface area contributed by atoms with Crippen LogP contribution in [0.5, 0.6) is 0 Å². The van der Waals surface area contributed by atoms with Crippen molar-refractivity contribution in [1.29, 1.82) is 0 Å². The first kappa shape index (κ1) is 18.0. The van der Waals surface area contributed by atoms with Crippen molar-refractivity contribution in [3.8, 4) is 0 Å². The summed E-state index contributed by atoms with van der Waals surface area (Å²) in [5, 5.41) is 3.05. The quantitative estimate of drug-likeness (QED) is 0.874. The van der Waals surface area contributed by atoms with Crippen LogP contribution in [0, 0.1) is 11.8 Å². The fourth-order valence-corrected chi connectivity index (χ4v) is 4.06. The average molecular weight is 342 g/mol. The van der Waals surface area contributed by atoms with Crippen LogP contribution in [0.4, 0.5) is 11.4 Å². The fourth-order valence-electron chi connectivity index (χ4n) is 4.06. The first-order chi connectivity index (χ1) is 12.0. The minimum atomic E-state index is -0.0181. The van der Waals surface area contributed by atoms with Crippen molar-refractivity contribution in [3.05, 3.63) is 23.8 Å². The minimum absolute atomic E-state index is 0.0181. The molecule has 0 spiro atoms. The van der Waals surface area contributed by atoms with Gasteiger partial charge in [-0.1, -0.05) is 39.2 Å².